The highest BCUT2D eigenvalue weighted by Crippen LogP contribution is 2.36. The van der Waals surface area contributed by atoms with Crippen molar-refractivity contribution in [2.75, 3.05) is 0 Å². The Hall–Kier alpha value is -2.96. The summed E-state index contributed by atoms with van der Waals surface area (Å²) >= 11 is 7.20. The molecule has 142 valence electrons. The first-order chi connectivity index (χ1) is 14.7. The highest BCUT2D eigenvalue weighted by atomic mass is 79.9. The fourth-order valence-corrected chi connectivity index (χ4v) is 5.24. The smallest absolute Gasteiger partial charge is 0.0994 e. The molecule has 3 aromatic heterocycles. The molecule has 0 amide bonds. The molecule has 0 unspecified atom stereocenters. The first kappa shape index (κ1) is 16.8. The van der Waals surface area contributed by atoms with Crippen LogP contribution in [-0.4, -0.2) is 19.9 Å². The number of hydrogen-bond donors (Lipinski definition) is 2. The second-order valence-corrected chi connectivity index (χ2v) is 9.40. The maximum Gasteiger partial charge on any atom is 0.0994 e. The van der Waals surface area contributed by atoms with Gasteiger partial charge >= 0.3 is 0 Å². The number of rotatable bonds is 0. The number of halogens is 2. The summed E-state index contributed by atoms with van der Waals surface area (Å²) in [6.45, 7) is 0. The van der Waals surface area contributed by atoms with Crippen LogP contribution < -0.4 is 0 Å². The Bertz CT molecular complexity index is 1690. The van der Waals surface area contributed by atoms with Crippen molar-refractivity contribution >= 4 is 97.5 Å². The van der Waals surface area contributed by atoms with Crippen LogP contribution in [0.1, 0.15) is 0 Å². The van der Waals surface area contributed by atoms with Crippen molar-refractivity contribution in [2.45, 2.75) is 0 Å². The Morgan fingerprint density at radius 1 is 0.533 bits per heavy atom. The zero-order chi connectivity index (χ0) is 20.0. The summed E-state index contributed by atoms with van der Waals surface area (Å²) < 4.78 is 2.10. The lowest BCUT2D eigenvalue weighted by atomic mass is 10.1. The highest BCUT2D eigenvalue weighted by Gasteiger charge is 2.15. The molecular weight excluding hydrogens is 504 g/mol. The van der Waals surface area contributed by atoms with E-state index >= 15 is 0 Å². The molecule has 0 saturated carbocycles. The summed E-state index contributed by atoms with van der Waals surface area (Å²) in [6.07, 6.45) is 0. The molecule has 30 heavy (non-hydrogen) atoms. The van der Waals surface area contributed by atoms with Crippen LogP contribution in [-0.2, 0) is 0 Å². The van der Waals surface area contributed by atoms with Gasteiger partial charge in [-0.05, 0) is 60.7 Å². The van der Waals surface area contributed by atoms with Crippen LogP contribution in [0.4, 0.5) is 0 Å². The fraction of sp³-hybridized carbons (Fsp3) is 0. The molecule has 4 aromatic carbocycles. The fourth-order valence-electron chi connectivity index (χ4n) is 4.52. The Balaban J connectivity index is 1.69. The summed E-state index contributed by atoms with van der Waals surface area (Å²) in [4.78, 5) is 17.2. The first-order valence-corrected chi connectivity index (χ1v) is 11.2. The van der Waals surface area contributed by atoms with Crippen molar-refractivity contribution in [3.63, 3.8) is 0 Å². The van der Waals surface area contributed by atoms with Crippen LogP contribution in [0.3, 0.4) is 0 Å². The number of aromatic nitrogens is 4. The van der Waals surface area contributed by atoms with Gasteiger partial charge in [0.25, 0.3) is 0 Å². The molecule has 6 heteroatoms. The largest absolute Gasteiger partial charge is 0.354 e. The van der Waals surface area contributed by atoms with E-state index in [4.69, 9.17) is 9.97 Å². The zero-order valence-electron chi connectivity index (χ0n) is 15.4. The SMILES string of the molecule is Brc1ccc2[nH]c3ccc4nc5c(ccc6[nH]c7ccc(Br)cc7c65)nc4c3c2c1. The Morgan fingerprint density at radius 3 is 1.43 bits per heavy atom. The second kappa shape index (κ2) is 5.80. The molecule has 3 heterocycles. The average Bonchev–Trinajstić information content (AvgIpc) is 3.30. The van der Waals surface area contributed by atoms with Crippen molar-refractivity contribution in [3.8, 4) is 0 Å². The molecule has 7 aromatic rings. The van der Waals surface area contributed by atoms with Crippen LogP contribution in [0.5, 0.6) is 0 Å². The van der Waals surface area contributed by atoms with Crippen LogP contribution >= 0.6 is 31.9 Å². The van der Waals surface area contributed by atoms with Gasteiger partial charge in [-0.25, -0.2) is 9.97 Å². The minimum absolute atomic E-state index is 0.896. The van der Waals surface area contributed by atoms with Gasteiger partial charge in [0.1, 0.15) is 0 Å². The predicted octanol–water partition coefficient (Wildman–Crippen LogP) is 7.58. The van der Waals surface area contributed by atoms with Gasteiger partial charge in [-0.3, -0.25) is 0 Å². The van der Waals surface area contributed by atoms with Crippen LogP contribution in [0.2, 0.25) is 0 Å². The lowest BCUT2D eigenvalue weighted by molar-refractivity contribution is 1.42. The third kappa shape index (κ3) is 2.20. The minimum atomic E-state index is 0.896. The number of fused-ring (bicyclic) bond motifs is 10. The molecule has 0 bridgehead atoms. The lowest BCUT2D eigenvalue weighted by Gasteiger charge is -2.05. The Labute approximate surface area is 186 Å². The molecule has 0 saturated heterocycles. The maximum atomic E-state index is 5.09. The average molecular weight is 516 g/mol. The molecule has 2 N–H and O–H groups in total. The number of H-pyrrole nitrogens is 2. The van der Waals surface area contributed by atoms with Gasteiger partial charge in [-0.1, -0.05) is 31.9 Å². The van der Waals surface area contributed by atoms with E-state index in [0.29, 0.717) is 0 Å². The first-order valence-electron chi connectivity index (χ1n) is 9.57. The van der Waals surface area contributed by atoms with Gasteiger partial charge in [0.2, 0.25) is 0 Å². The zero-order valence-corrected chi connectivity index (χ0v) is 18.6. The highest BCUT2D eigenvalue weighted by molar-refractivity contribution is 9.10. The van der Waals surface area contributed by atoms with E-state index in [-0.39, 0.29) is 0 Å². The molecular formula is C24H12Br2N4. The van der Waals surface area contributed by atoms with Gasteiger partial charge in [0.05, 0.1) is 22.1 Å². The molecule has 7 rings (SSSR count). The summed E-state index contributed by atoms with van der Waals surface area (Å²) in [7, 11) is 0. The number of hydrogen-bond acceptors (Lipinski definition) is 2. The third-order valence-corrected chi connectivity index (χ3v) is 6.80. The Morgan fingerprint density at radius 2 is 0.967 bits per heavy atom. The van der Waals surface area contributed by atoms with Crippen LogP contribution in [0, 0.1) is 0 Å². The normalized spacial score (nSPS) is 12.3. The summed E-state index contributed by atoms with van der Waals surface area (Å²) in [5.74, 6) is 0. The Kier molecular flexibility index (Phi) is 3.25. The lowest BCUT2D eigenvalue weighted by Crippen LogP contribution is -1.89. The van der Waals surface area contributed by atoms with E-state index < -0.39 is 0 Å². The molecule has 0 aliphatic heterocycles. The van der Waals surface area contributed by atoms with E-state index in [2.05, 4.69) is 90.4 Å². The molecule has 0 fully saturated rings. The van der Waals surface area contributed by atoms with Gasteiger partial charge < -0.3 is 9.97 Å². The molecule has 0 aliphatic rings. The van der Waals surface area contributed by atoms with Gasteiger partial charge in [0, 0.05) is 52.6 Å². The summed E-state index contributed by atoms with van der Waals surface area (Å²) in [6, 6.07) is 20.9. The van der Waals surface area contributed by atoms with Gasteiger partial charge in [-0.15, -0.1) is 0 Å². The van der Waals surface area contributed by atoms with Crippen molar-refractivity contribution < 1.29 is 0 Å². The maximum absolute atomic E-state index is 5.09. The van der Waals surface area contributed by atoms with Crippen molar-refractivity contribution in [1.82, 2.24) is 19.9 Å². The molecule has 0 aliphatic carbocycles. The van der Waals surface area contributed by atoms with Crippen molar-refractivity contribution in [2.24, 2.45) is 0 Å². The van der Waals surface area contributed by atoms with Gasteiger partial charge in [0.15, 0.2) is 0 Å². The van der Waals surface area contributed by atoms with E-state index in [1.807, 2.05) is 12.1 Å². The van der Waals surface area contributed by atoms with Gasteiger partial charge in [-0.2, -0.15) is 0 Å². The third-order valence-electron chi connectivity index (χ3n) is 5.82. The predicted molar refractivity (Wildman–Crippen MR) is 131 cm³/mol. The second-order valence-electron chi connectivity index (χ2n) is 7.57. The van der Waals surface area contributed by atoms with Crippen molar-refractivity contribution in [3.05, 3.63) is 69.6 Å². The number of aromatic amines is 2. The molecule has 0 spiro atoms. The molecule has 4 nitrogen and oxygen atoms in total. The number of nitrogens with zero attached hydrogens (tertiary/aromatic N) is 2. The number of nitrogens with one attached hydrogen (secondary N) is 2. The van der Waals surface area contributed by atoms with E-state index in [1.54, 1.807) is 0 Å². The monoisotopic (exact) mass is 514 g/mol. The topological polar surface area (TPSA) is 57.4 Å². The summed E-state index contributed by atoms with van der Waals surface area (Å²) in [5.41, 5.74) is 7.97. The van der Waals surface area contributed by atoms with Crippen LogP contribution in [0.15, 0.2) is 69.6 Å². The molecule has 0 radical (unpaired) electrons. The van der Waals surface area contributed by atoms with E-state index in [0.717, 1.165) is 74.6 Å². The van der Waals surface area contributed by atoms with Crippen LogP contribution in [0.25, 0.3) is 65.7 Å². The van der Waals surface area contributed by atoms with Crippen molar-refractivity contribution in [1.29, 1.82) is 0 Å². The quantitative estimate of drug-likeness (QED) is 0.204. The summed E-state index contributed by atoms with van der Waals surface area (Å²) in [5, 5.41) is 4.52. The minimum Gasteiger partial charge on any atom is -0.354 e. The van der Waals surface area contributed by atoms with E-state index in [9.17, 15) is 0 Å². The standard InChI is InChI=1S/C24H12Br2N4/c25-11-1-3-15-13(9-11)21-17(27-15)5-7-19-23(21)29-20-8-6-18-22(24(20)30-19)14-10-12(26)2-4-16(14)28-18/h1-10,27-28H. The number of benzene rings is 4. The van der Waals surface area contributed by atoms with E-state index in [1.165, 1.54) is 0 Å². The molecule has 0 atom stereocenters.